The van der Waals surface area contributed by atoms with Gasteiger partial charge in [-0.05, 0) is 45.9 Å². The van der Waals surface area contributed by atoms with Crippen LogP contribution in [0.3, 0.4) is 0 Å². The third-order valence-corrected chi connectivity index (χ3v) is 6.28. The van der Waals surface area contributed by atoms with E-state index >= 15 is 0 Å². The number of methoxy groups -OCH3 is 3. The van der Waals surface area contributed by atoms with E-state index in [-0.39, 0.29) is 0 Å². The Morgan fingerprint density at radius 2 is 1.50 bits per heavy atom. The standard InChI is InChI=1S/C23H29BN2O6/c1-22(2)23(3,4)32-24(31-22)16-10-8-9-11-17(16)26-14-25-30-21(26)15-12-18(27-5)20(29-7)19(13-15)28-6/h8-14,21H,1-7H3. The molecule has 0 aromatic heterocycles. The minimum Gasteiger partial charge on any atom is -0.493 e. The molecular weight excluding hydrogens is 411 g/mol. The van der Waals surface area contributed by atoms with Gasteiger partial charge in [-0.2, -0.15) is 0 Å². The Labute approximate surface area is 189 Å². The monoisotopic (exact) mass is 440 g/mol. The summed E-state index contributed by atoms with van der Waals surface area (Å²) in [5.74, 6) is 1.59. The number of ether oxygens (including phenoxy) is 3. The average molecular weight is 440 g/mol. The number of rotatable bonds is 6. The molecule has 8 nitrogen and oxygen atoms in total. The largest absolute Gasteiger partial charge is 0.496 e. The molecule has 32 heavy (non-hydrogen) atoms. The minimum absolute atomic E-state index is 0.448. The van der Waals surface area contributed by atoms with E-state index in [0.29, 0.717) is 17.2 Å². The van der Waals surface area contributed by atoms with Crippen molar-refractivity contribution in [3.05, 3.63) is 42.0 Å². The summed E-state index contributed by atoms with van der Waals surface area (Å²) in [6, 6.07) is 11.6. The van der Waals surface area contributed by atoms with Gasteiger partial charge in [0.05, 0.1) is 32.5 Å². The van der Waals surface area contributed by atoms with Crippen LogP contribution in [0.2, 0.25) is 0 Å². The molecule has 2 aliphatic rings. The number of nitrogens with zero attached hydrogens (tertiary/aromatic N) is 2. The van der Waals surface area contributed by atoms with E-state index in [2.05, 4.69) is 5.16 Å². The number of anilines is 1. The molecule has 0 N–H and O–H groups in total. The molecule has 1 atom stereocenters. The lowest BCUT2D eigenvalue weighted by Gasteiger charge is -2.32. The topological polar surface area (TPSA) is 71.0 Å². The molecule has 2 heterocycles. The van der Waals surface area contributed by atoms with Gasteiger partial charge in [-0.15, -0.1) is 0 Å². The quantitative estimate of drug-likeness (QED) is 0.637. The van der Waals surface area contributed by atoms with Gasteiger partial charge in [-0.1, -0.05) is 23.4 Å². The third kappa shape index (κ3) is 3.65. The maximum Gasteiger partial charge on any atom is 0.496 e. The van der Waals surface area contributed by atoms with E-state index in [1.807, 2.05) is 69.0 Å². The molecule has 2 aromatic rings. The first-order valence-electron chi connectivity index (χ1n) is 10.4. The summed E-state index contributed by atoms with van der Waals surface area (Å²) in [4.78, 5) is 7.67. The molecule has 0 radical (unpaired) electrons. The Morgan fingerprint density at radius 1 is 0.906 bits per heavy atom. The van der Waals surface area contributed by atoms with Gasteiger partial charge in [0.1, 0.15) is 6.34 Å². The van der Waals surface area contributed by atoms with Crippen LogP contribution in [0.5, 0.6) is 17.2 Å². The van der Waals surface area contributed by atoms with Crippen molar-refractivity contribution < 1.29 is 28.4 Å². The molecule has 0 amide bonds. The van der Waals surface area contributed by atoms with E-state index in [9.17, 15) is 0 Å². The van der Waals surface area contributed by atoms with Crippen LogP contribution in [0.25, 0.3) is 0 Å². The van der Waals surface area contributed by atoms with E-state index < -0.39 is 24.5 Å². The summed E-state index contributed by atoms with van der Waals surface area (Å²) < 4.78 is 29.1. The second-order valence-electron chi connectivity index (χ2n) is 8.69. The van der Waals surface area contributed by atoms with Crippen LogP contribution < -0.4 is 24.6 Å². The van der Waals surface area contributed by atoms with Crippen LogP contribution >= 0.6 is 0 Å². The number of oxime groups is 1. The highest BCUT2D eigenvalue weighted by atomic mass is 16.7. The molecule has 0 spiro atoms. The van der Waals surface area contributed by atoms with Gasteiger partial charge in [0.2, 0.25) is 12.0 Å². The summed E-state index contributed by atoms with van der Waals surface area (Å²) >= 11 is 0. The highest BCUT2D eigenvalue weighted by Crippen LogP contribution is 2.43. The SMILES string of the molecule is COc1cc(C2ON=CN2c2ccccc2B2OC(C)(C)C(C)(C)O2)cc(OC)c1OC. The van der Waals surface area contributed by atoms with Crippen molar-refractivity contribution >= 4 is 24.6 Å². The fourth-order valence-electron chi connectivity index (χ4n) is 3.79. The van der Waals surface area contributed by atoms with Crippen molar-refractivity contribution in [3.8, 4) is 17.2 Å². The van der Waals surface area contributed by atoms with E-state index in [1.165, 1.54) is 0 Å². The zero-order chi connectivity index (χ0) is 23.1. The Bertz CT molecular complexity index is 984. The van der Waals surface area contributed by atoms with E-state index in [0.717, 1.165) is 16.7 Å². The normalized spacial score (nSPS) is 20.9. The molecule has 170 valence electrons. The van der Waals surface area contributed by atoms with Gasteiger partial charge in [-0.3, -0.25) is 4.90 Å². The Hall–Kier alpha value is -2.91. The number of para-hydroxylation sites is 1. The van der Waals surface area contributed by atoms with Gasteiger partial charge in [0.25, 0.3) is 0 Å². The summed E-state index contributed by atoms with van der Waals surface area (Å²) in [6.07, 6.45) is 1.12. The van der Waals surface area contributed by atoms with Gasteiger partial charge in [0.15, 0.2) is 11.5 Å². The number of hydrogen-bond acceptors (Lipinski definition) is 8. The lowest BCUT2D eigenvalue weighted by Crippen LogP contribution is -2.41. The first-order chi connectivity index (χ1) is 15.2. The van der Waals surface area contributed by atoms with Crippen molar-refractivity contribution in [3.63, 3.8) is 0 Å². The Morgan fingerprint density at radius 3 is 2.06 bits per heavy atom. The number of hydrogen-bond donors (Lipinski definition) is 0. The smallest absolute Gasteiger partial charge is 0.493 e. The lowest BCUT2D eigenvalue weighted by molar-refractivity contribution is 0.00578. The molecule has 9 heteroatoms. The van der Waals surface area contributed by atoms with Crippen LogP contribution in [0, 0.1) is 0 Å². The van der Waals surface area contributed by atoms with Crippen LogP contribution in [0.15, 0.2) is 41.6 Å². The van der Waals surface area contributed by atoms with E-state index in [4.69, 9.17) is 28.4 Å². The molecular formula is C23H29BN2O6. The zero-order valence-corrected chi connectivity index (χ0v) is 19.5. The van der Waals surface area contributed by atoms with Crippen molar-refractivity contribution in [2.24, 2.45) is 5.16 Å². The Kier molecular flexibility index (Phi) is 5.73. The second-order valence-corrected chi connectivity index (χ2v) is 8.69. The van der Waals surface area contributed by atoms with Crippen LogP contribution in [0.1, 0.15) is 39.5 Å². The number of benzene rings is 2. The predicted molar refractivity (Wildman–Crippen MR) is 123 cm³/mol. The first-order valence-corrected chi connectivity index (χ1v) is 10.4. The third-order valence-electron chi connectivity index (χ3n) is 6.28. The Balaban J connectivity index is 1.73. The molecule has 2 aromatic carbocycles. The summed E-state index contributed by atoms with van der Waals surface area (Å²) in [5.41, 5.74) is 1.65. The first kappa shape index (κ1) is 22.3. The van der Waals surface area contributed by atoms with Crippen molar-refractivity contribution in [2.75, 3.05) is 26.2 Å². The molecule has 4 rings (SSSR count). The predicted octanol–water partition coefficient (Wildman–Crippen LogP) is 3.49. The average Bonchev–Trinajstić information content (AvgIpc) is 3.34. The minimum atomic E-state index is -0.535. The van der Waals surface area contributed by atoms with Crippen LogP contribution in [0.4, 0.5) is 5.69 Å². The highest BCUT2D eigenvalue weighted by molar-refractivity contribution is 6.64. The molecule has 0 saturated carbocycles. The molecule has 2 aliphatic heterocycles. The van der Waals surface area contributed by atoms with Gasteiger partial charge < -0.3 is 28.4 Å². The molecule has 0 aliphatic carbocycles. The van der Waals surface area contributed by atoms with Crippen molar-refractivity contribution in [2.45, 2.75) is 45.1 Å². The molecule has 1 saturated heterocycles. The summed E-state index contributed by atoms with van der Waals surface area (Å²) in [5, 5.41) is 4.08. The van der Waals surface area contributed by atoms with E-state index in [1.54, 1.807) is 27.7 Å². The fraction of sp³-hybridized carbons (Fsp3) is 0.435. The maximum atomic E-state index is 6.30. The fourth-order valence-corrected chi connectivity index (χ4v) is 3.79. The van der Waals surface area contributed by atoms with Crippen molar-refractivity contribution in [1.82, 2.24) is 0 Å². The highest BCUT2D eigenvalue weighted by Gasteiger charge is 2.52. The lowest BCUT2D eigenvalue weighted by atomic mass is 9.77. The van der Waals surface area contributed by atoms with Crippen LogP contribution in [-0.2, 0) is 14.1 Å². The molecule has 1 fully saturated rings. The summed E-state index contributed by atoms with van der Waals surface area (Å²) in [6.45, 7) is 8.15. The van der Waals surface area contributed by atoms with Gasteiger partial charge >= 0.3 is 7.12 Å². The van der Waals surface area contributed by atoms with Gasteiger partial charge in [0, 0.05) is 16.7 Å². The zero-order valence-electron chi connectivity index (χ0n) is 19.5. The summed E-state index contributed by atoms with van der Waals surface area (Å²) in [7, 11) is 4.21. The second kappa shape index (κ2) is 8.22. The van der Waals surface area contributed by atoms with Crippen molar-refractivity contribution in [1.29, 1.82) is 0 Å². The molecule has 1 unspecified atom stereocenters. The molecule has 0 bridgehead atoms. The van der Waals surface area contributed by atoms with Crippen LogP contribution in [-0.4, -0.2) is 46.0 Å². The van der Waals surface area contributed by atoms with Gasteiger partial charge in [-0.25, -0.2) is 0 Å². The maximum absolute atomic E-state index is 6.30.